The molecule has 1 aliphatic heterocycles. The van der Waals surface area contributed by atoms with E-state index in [1.165, 1.54) is 12.1 Å². The lowest BCUT2D eigenvalue weighted by Gasteiger charge is -2.30. The highest BCUT2D eigenvalue weighted by Gasteiger charge is 2.28. The van der Waals surface area contributed by atoms with E-state index in [1.807, 2.05) is 21.7 Å². The average Bonchev–Trinajstić information content (AvgIpc) is 3.56. The Kier molecular flexibility index (Phi) is 5.23. The summed E-state index contributed by atoms with van der Waals surface area (Å²) < 4.78 is 7.21. The Morgan fingerprint density at radius 3 is 2.56 bits per heavy atom. The molecule has 1 aromatic heterocycles. The van der Waals surface area contributed by atoms with Crippen molar-refractivity contribution < 1.29 is 14.5 Å². The minimum Gasteiger partial charge on any atom is -0.378 e. The molecule has 1 saturated heterocycles. The minimum atomic E-state index is -0.501. The number of nitro groups is 1. The number of hydrogen-bond acceptors (Lipinski definition) is 8. The molecule has 0 radical (unpaired) electrons. The van der Waals surface area contributed by atoms with Crippen molar-refractivity contribution in [1.29, 1.82) is 0 Å². The molecule has 0 atom stereocenters. The fourth-order valence-electron chi connectivity index (χ4n) is 3.75. The number of ether oxygens (including phenoxy) is 1. The third-order valence-corrected chi connectivity index (χ3v) is 5.57. The first-order valence-electron chi connectivity index (χ1n) is 10.4. The van der Waals surface area contributed by atoms with Gasteiger partial charge in [-0.2, -0.15) is 0 Å². The van der Waals surface area contributed by atoms with Gasteiger partial charge in [-0.15, -0.1) is 5.10 Å². The summed E-state index contributed by atoms with van der Waals surface area (Å²) in [6.07, 6.45) is 2.14. The highest BCUT2D eigenvalue weighted by molar-refractivity contribution is 6.08. The second-order valence-electron chi connectivity index (χ2n) is 7.77. The van der Waals surface area contributed by atoms with E-state index < -0.39 is 10.8 Å². The normalized spacial score (nSPS) is 16.1. The fraction of sp³-hybridized carbons (Fsp3) is 0.333. The van der Waals surface area contributed by atoms with Crippen molar-refractivity contribution in [2.75, 3.05) is 36.5 Å². The molecule has 2 aromatic carbocycles. The van der Waals surface area contributed by atoms with Gasteiger partial charge in [0.1, 0.15) is 0 Å². The number of aromatic nitrogens is 4. The van der Waals surface area contributed by atoms with E-state index in [-0.39, 0.29) is 11.3 Å². The number of morpholine rings is 1. The molecule has 2 fully saturated rings. The first-order valence-corrected chi connectivity index (χ1v) is 10.4. The summed E-state index contributed by atoms with van der Waals surface area (Å²) >= 11 is 0. The Hall–Kier alpha value is -3.86. The molecule has 0 spiro atoms. The highest BCUT2D eigenvalue weighted by atomic mass is 16.6. The van der Waals surface area contributed by atoms with Gasteiger partial charge in [-0.1, -0.05) is 0 Å². The number of nitrogens with one attached hydrogen (secondary N) is 1. The molecule has 1 aliphatic carbocycles. The number of nitro benzene ring substituents is 1. The number of carbonyl (C=O) groups excluding carboxylic acids is 1. The Labute approximate surface area is 183 Å². The number of tetrazole rings is 1. The summed E-state index contributed by atoms with van der Waals surface area (Å²) in [7, 11) is 0. The molecule has 3 aromatic rings. The second kappa shape index (κ2) is 8.35. The minimum absolute atomic E-state index is 0.130. The van der Waals surface area contributed by atoms with Crippen LogP contribution in [0.1, 0.15) is 29.2 Å². The lowest BCUT2D eigenvalue weighted by Crippen LogP contribution is -2.37. The zero-order valence-electron chi connectivity index (χ0n) is 17.2. The number of anilines is 2. The molecular weight excluding hydrogens is 414 g/mol. The van der Waals surface area contributed by atoms with Crippen LogP contribution in [0.5, 0.6) is 0 Å². The van der Waals surface area contributed by atoms with Gasteiger partial charge in [-0.25, -0.2) is 4.68 Å². The molecule has 1 saturated carbocycles. The number of hydrogen-bond donors (Lipinski definition) is 1. The van der Waals surface area contributed by atoms with E-state index in [4.69, 9.17) is 4.74 Å². The van der Waals surface area contributed by atoms with Crippen molar-refractivity contribution in [1.82, 2.24) is 20.2 Å². The maximum Gasteiger partial charge on any atom is 0.270 e. The summed E-state index contributed by atoms with van der Waals surface area (Å²) in [6, 6.07) is 11.9. The van der Waals surface area contributed by atoms with Gasteiger partial charge in [-0.3, -0.25) is 14.9 Å². The van der Waals surface area contributed by atoms with Crippen LogP contribution in [0.4, 0.5) is 17.1 Å². The van der Waals surface area contributed by atoms with Gasteiger partial charge in [0.2, 0.25) is 0 Å². The lowest BCUT2D eigenvalue weighted by molar-refractivity contribution is -0.384. The average molecular weight is 435 g/mol. The van der Waals surface area contributed by atoms with Crippen LogP contribution in [0, 0.1) is 10.1 Å². The molecule has 164 valence electrons. The smallest absolute Gasteiger partial charge is 0.270 e. The number of nitrogens with zero attached hydrogens (tertiary/aromatic N) is 6. The fourth-order valence-corrected chi connectivity index (χ4v) is 3.75. The van der Waals surface area contributed by atoms with Gasteiger partial charge in [-0.05, 0) is 53.6 Å². The zero-order valence-corrected chi connectivity index (χ0v) is 17.2. The van der Waals surface area contributed by atoms with E-state index in [2.05, 4.69) is 20.8 Å². The van der Waals surface area contributed by atoms with Crippen LogP contribution in [0.25, 0.3) is 11.4 Å². The third kappa shape index (κ3) is 4.02. The van der Waals surface area contributed by atoms with Crippen LogP contribution in [0.2, 0.25) is 0 Å². The first-order chi connectivity index (χ1) is 15.6. The Morgan fingerprint density at radius 2 is 1.88 bits per heavy atom. The molecule has 2 heterocycles. The molecule has 32 heavy (non-hydrogen) atoms. The Morgan fingerprint density at radius 1 is 1.12 bits per heavy atom. The number of non-ortho nitro benzene ring substituents is 1. The summed E-state index contributed by atoms with van der Waals surface area (Å²) in [4.78, 5) is 25.9. The Bertz CT molecular complexity index is 1150. The largest absolute Gasteiger partial charge is 0.378 e. The maximum absolute atomic E-state index is 13.1. The monoisotopic (exact) mass is 435 g/mol. The molecule has 1 N–H and O–H groups in total. The topological polar surface area (TPSA) is 128 Å². The molecule has 5 rings (SSSR count). The Balaban J connectivity index is 1.38. The van der Waals surface area contributed by atoms with E-state index in [0.29, 0.717) is 49.5 Å². The highest BCUT2D eigenvalue weighted by Crippen LogP contribution is 2.36. The predicted octanol–water partition coefficient (Wildman–Crippen LogP) is 2.67. The van der Waals surface area contributed by atoms with Crippen LogP contribution in [0.3, 0.4) is 0 Å². The van der Waals surface area contributed by atoms with Crippen molar-refractivity contribution in [3.63, 3.8) is 0 Å². The van der Waals surface area contributed by atoms with Gasteiger partial charge in [0.05, 0.1) is 35.4 Å². The zero-order chi connectivity index (χ0) is 22.1. The van der Waals surface area contributed by atoms with Crippen LogP contribution < -0.4 is 10.2 Å². The summed E-state index contributed by atoms with van der Waals surface area (Å²) in [5.74, 6) is 0.282. The van der Waals surface area contributed by atoms with E-state index in [0.717, 1.165) is 18.4 Å². The molecule has 2 aliphatic rings. The van der Waals surface area contributed by atoms with Gasteiger partial charge >= 0.3 is 0 Å². The van der Waals surface area contributed by atoms with Crippen molar-refractivity contribution in [3.05, 3.63) is 58.1 Å². The van der Waals surface area contributed by atoms with Crippen molar-refractivity contribution >= 4 is 23.0 Å². The van der Waals surface area contributed by atoms with E-state index in [9.17, 15) is 14.9 Å². The lowest BCUT2D eigenvalue weighted by atomic mass is 10.1. The van der Waals surface area contributed by atoms with Crippen molar-refractivity contribution in [2.45, 2.75) is 18.9 Å². The van der Waals surface area contributed by atoms with E-state index in [1.54, 1.807) is 18.2 Å². The molecular formula is C21H21N7O4. The maximum atomic E-state index is 13.1. The second-order valence-corrected chi connectivity index (χ2v) is 7.77. The van der Waals surface area contributed by atoms with Crippen LogP contribution in [-0.4, -0.2) is 57.3 Å². The standard InChI is InChI=1S/C21H21N7O4/c29-21(18-13-17(28(30)31)7-8-19(18)26-9-11-32-12-10-26)22-15-3-1-14(2-4-15)20-23-24-25-27(20)16-5-6-16/h1-4,7-8,13,16H,5-6,9-12H2,(H,22,29). The molecule has 0 bridgehead atoms. The number of carbonyl (C=O) groups is 1. The summed E-state index contributed by atoms with van der Waals surface area (Å²) in [5, 5.41) is 26.1. The van der Waals surface area contributed by atoms with Crippen molar-refractivity contribution in [3.8, 4) is 11.4 Å². The summed E-state index contributed by atoms with van der Waals surface area (Å²) in [5.41, 5.74) is 2.20. The van der Waals surface area contributed by atoms with E-state index >= 15 is 0 Å². The number of benzene rings is 2. The predicted molar refractivity (Wildman–Crippen MR) is 116 cm³/mol. The molecule has 11 heteroatoms. The van der Waals surface area contributed by atoms with Gasteiger partial charge < -0.3 is 15.0 Å². The van der Waals surface area contributed by atoms with Gasteiger partial charge in [0.25, 0.3) is 11.6 Å². The molecule has 1 amide bonds. The van der Waals surface area contributed by atoms with Crippen LogP contribution >= 0.6 is 0 Å². The van der Waals surface area contributed by atoms with Crippen LogP contribution in [-0.2, 0) is 4.74 Å². The third-order valence-electron chi connectivity index (χ3n) is 5.57. The molecule has 0 unspecified atom stereocenters. The van der Waals surface area contributed by atoms with Crippen LogP contribution in [0.15, 0.2) is 42.5 Å². The van der Waals surface area contributed by atoms with Gasteiger partial charge in [0.15, 0.2) is 5.82 Å². The molecule has 11 nitrogen and oxygen atoms in total. The number of rotatable bonds is 6. The van der Waals surface area contributed by atoms with Crippen molar-refractivity contribution in [2.24, 2.45) is 0 Å². The SMILES string of the molecule is O=C(Nc1ccc(-c2nnnn2C2CC2)cc1)c1cc([N+](=O)[O-])ccc1N1CCOCC1. The quantitative estimate of drug-likeness (QED) is 0.462. The van der Waals surface area contributed by atoms with Gasteiger partial charge in [0, 0.05) is 36.5 Å². The first kappa shape index (κ1) is 20.1. The summed E-state index contributed by atoms with van der Waals surface area (Å²) in [6.45, 7) is 2.31. The number of amides is 1.